The average Bonchev–Trinajstić information content (AvgIpc) is 2.80. The molecule has 0 bridgehead atoms. The summed E-state index contributed by atoms with van der Waals surface area (Å²) in [6.07, 6.45) is 0. The van der Waals surface area contributed by atoms with E-state index in [4.69, 9.17) is 9.47 Å². The monoisotopic (exact) mass is 454 g/mol. The predicted molar refractivity (Wildman–Crippen MR) is 124 cm³/mol. The van der Waals surface area contributed by atoms with Crippen LogP contribution in [0.2, 0.25) is 0 Å². The van der Waals surface area contributed by atoms with Crippen LogP contribution in [0.15, 0.2) is 71.6 Å². The molecule has 0 unspecified atom stereocenters. The van der Waals surface area contributed by atoms with E-state index in [1.165, 1.54) is 12.1 Å². The summed E-state index contributed by atoms with van der Waals surface area (Å²) in [4.78, 5) is 13.2. The van der Waals surface area contributed by atoms with Crippen molar-refractivity contribution >= 4 is 21.6 Å². The van der Waals surface area contributed by atoms with E-state index in [1.54, 1.807) is 75.7 Å². The molecule has 3 aromatic rings. The summed E-state index contributed by atoms with van der Waals surface area (Å²) in [6.45, 7) is 3.54. The summed E-state index contributed by atoms with van der Waals surface area (Å²) in [5.41, 5.74) is 1.99. The normalized spacial score (nSPS) is 12.0. The fraction of sp³-hybridized carbons (Fsp3) is 0.208. The molecule has 1 atom stereocenters. The van der Waals surface area contributed by atoms with Crippen molar-refractivity contribution in [2.45, 2.75) is 24.8 Å². The lowest BCUT2D eigenvalue weighted by atomic mass is 10.0. The molecular formula is C24H26N2O5S. The van der Waals surface area contributed by atoms with E-state index in [0.717, 1.165) is 5.56 Å². The molecule has 0 aliphatic carbocycles. The summed E-state index contributed by atoms with van der Waals surface area (Å²) in [5.74, 6) is 0.940. The van der Waals surface area contributed by atoms with Gasteiger partial charge in [-0.05, 0) is 61.9 Å². The van der Waals surface area contributed by atoms with Crippen molar-refractivity contribution in [3.63, 3.8) is 0 Å². The summed E-state index contributed by atoms with van der Waals surface area (Å²) < 4.78 is 38.6. The van der Waals surface area contributed by atoms with Crippen LogP contribution in [-0.4, -0.2) is 28.5 Å². The molecule has 0 aromatic heterocycles. The molecule has 0 aliphatic heterocycles. The van der Waals surface area contributed by atoms with Gasteiger partial charge in [0.1, 0.15) is 11.5 Å². The van der Waals surface area contributed by atoms with E-state index < -0.39 is 10.0 Å². The number of nitrogens with one attached hydrogen (secondary N) is 2. The van der Waals surface area contributed by atoms with Crippen molar-refractivity contribution in [3.05, 3.63) is 83.4 Å². The van der Waals surface area contributed by atoms with Gasteiger partial charge in [0, 0.05) is 11.1 Å². The number of amides is 1. The minimum absolute atomic E-state index is 0.146. The molecule has 0 saturated heterocycles. The molecule has 168 valence electrons. The maximum absolute atomic E-state index is 13.0. The highest BCUT2D eigenvalue weighted by atomic mass is 32.2. The molecule has 32 heavy (non-hydrogen) atoms. The molecule has 0 radical (unpaired) electrons. The van der Waals surface area contributed by atoms with Gasteiger partial charge >= 0.3 is 0 Å². The minimum atomic E-state index is -3.77. The van der Waals surface area contributed by atoms with Crippen molar-refractivity contribution in [1.29, 1.82) is 0 Å². The Hall–Kier alpha value is -3.52. The van der Waals surface area contributed by atoms with E-state index in [2.05, 4.69) is 10.0 Å². The Kier molecular flexibility index (Phi) is 7.05. The van der Waals surface area contributed by atoms with Crippen LogP contribution < -0.4 is 19.5 Å². The number of anilines is 1. The van der Waals surface area contributed by atoms with E-state index in [-0.39, 0.29) is 16.8 Å². The first-order chi connectivity index (χ1) is 15.3. The van der Waals surface area contributed by atoms with Crippen molar-refractivity contribution < 1.29 is 22.7 Å². The molecule has 3 aromatic carbocycles. The molecule has 0 spiro atoms. The lowest BCUT2D eigenvalue weighted by Crippen LogP contribution is -2.28. The van der Waals surface area contributed by atoms with Gasteiger partial charge in [0.25, 0.3) is 15.9 Å². The Morgan fingerprint density at radius 2 is 1.66 bits per heavy atom. The molecule has 0 heterocycles. The predicted octanol–water partition coefficient (Wildman–Crippen LogP) is 4.30. The maximum Gasteiger partial charge on any atom is 0.261 e. The lowest BCUT2D eigenvalue weighted by Gasteiger charge is -2.19. The zero-order chi connectivity index (χ0) is 23.3. The molecule has 8 heteroatoms. The molecule has 0 aliphatic rings. The standard InChI is InChI=1S/C24H26N2O5S/c1-16-20(11-8-12-22(16)26-32(28,29)19-9-6-5-7-10-19)24(27)25-17(2)21-15-18(30-3)13-14-23(21)31-4/h5-15,17,26H,1-4H3,(H,25,27)/t17-/m1/s1. The van der Waals surface area contributed by atoms with Crippen molar-refractivity contribution in [2.75, 3.05) is 18.9 Å². The average molecular weight is 455 g/mol. The number of methoxy groups -OCH3 is 2. The van der Waals surface area contributed by atoms with Gasteiger partial charge in [0.15, 0.2) is 0 Å². The Labute approximate surface area is 188 Å². The Morgan fingerprint density at radius 1 is 0.938 bits per heavy atom. The number of sulfonamides is 1. The maximum atomic E-state index is 13.0. The summed E-state index contributed by atoms with van der Waals surface area (Å²) >= 11 is 0. The van der Waals surface area contributed by atoms with Gasteiger partial charge in [-0.15, -0.1) is 0 Å². The lowest BCUT2D eigenvalue weighted by molar-refractivity contribution is 0.0939. The smallest absolute Gasteiger partial charge is 0.261 e. The third-order valence-electron chi connectivity index (χ3n) is 5.13. The molecule has 0 fully saturated rings. The number of carbonyl (C=O) groups excluding carboxylic acids is 1. The number of hydrogen-bond acceptors (Lipinski definition) is 5. The van der Waals surface area contributed by atoms with Crippen molar-refractivity contribution in [1.82, 2.24) is 5.32 Å². The second-order valence-corrected chi connectivity index (χ2v) is 8.88. The van der Waals surface area contributed by atoms with E-state index in [1.807, 2.05) is 6.92 Å². The number of carbonyl (C=O) groups is 1. The van der Waals surface area contributed by atoms with Crippen LogP contribution in [0.25, 0.3) is 0 Å². The SMILES string of the molecule is COc1ccc(OC)c([C@@H](C)NC(=O)c2cccc(NS(=O)(=O)c3ccccc3)c2C)c1. The van der Waals surface area contributed by atoms with Crippen molar-refractivity contribution in [2.24, 2.45) is 0 Å². The highest BCUT2D eigenvalue weighted by Gasteiger charge is 2.20. The number of rotatable bonds is 8. The molecule has 7 nitrogen and oxygen atoms in total. The summed E-state index contributed by atoms with van der Waals surface area (Å²) in [6, 6.07) is 18.0. The van der Waals surface area contributed by atoms with Crippen LogP contribution >= 0.6 is 0 Å². The van der Waals surface area contributed by atoms with Gasteiger partial charge in [-0.3, -0.25) is 9.52 Å². The van der Waals surface area contributed by atoms with E-state index in [9.17, 15) is 13.2 Å². The minimum Gasteiger partial charge on any atom is -0.497 e. The molecule has 3 rings (SSSR count). The van der Waals surface area contributed by atoms with E-state index >= 15 is 0 Å². The number of ether oxygens (including phenoxy) is 2. The Morgan fingerprint density at radius 3 is 2.31 bits per heavy atom. The van der Waals surface area contributed by atoms with Gasteiger partial charge in [0.05, 0.1) is 30.8 Å². The van der Waals surface area contributed by atoms with Crippen LogP contribution in [0, 0.1) is 6.92 Å². The quantitative estimate of drug-likeness (QED) is 0.529. The molecule has 2 N–H and O–H groups in total. The first-order valence-corrected chi connectivity index (χ1v) is 11.5. The molecular weight excluding hydrogens is 428 g/mol. The second-order valence-electron chi connectivity index (χ2n) is 7.20. The Bertz CT molecular complexity index is 1210. The fourth-order valence-electron chi connectivity index (χ4n) is 3.33. The summed E-state index contributed by atoms with van der Waals surface area (Å²) in [5, 5.41) is 2.95. The molecule has 1 amide bonds. The van der Waals surface area contributed by atoms with Gasteiger partial charge < -0.3 is 14.8 Å². The van der Waals surface area contributed by atoms with Crippen LogP contribution in [-0.2, 0) is 10.0 Å². The number of benzene rings is 3. The van der Waals surface area contributed by atoms with Crippen LogP contribution in [0.3, 0.4) is 0 Å². The highest BCUT2D eigenvalue weighted by Crippen LogP contribution is 2.30. The molecule has 0 saturated carbocycles. The van der Waals surface area contributed by atoms with Gasteiger partial charge in [-0.1, -0.05) is 24.3 Å². The third kappa shape index (κ3) is 5.03. The topological polar surface area (TPSA) is 93.7 Å². The van der Waals surface area contributed by atoms with Gasteiger partial charge in [-0.25, -0.2) is 8.42 Å². The Balaban J connectivity index is 1.84. The third-order valence-corrected chi connectivity index (χ3v) is 6.51. The van der Waals surface area contributed by atoms with Crippen LogP contribution in [0.1, 0.15) is 34.5 Å². The first-order valence-electron chi connectivity index (χ1n) is 9.97. The fourth-order valence-corrected chi connectivity index (χ4v) is 4.47. The first kappa shape index (κ1) is 23.1. The second kappa shape index (κ2) is 9.74. The zero-order valence-electron chi connectivity index (χ0n) is 18.4. The summed E-state index contributed by atoms with van der Waals surface area (Å²) in [7, 11) is -0.642. The van der Waals surface area contributed by atoms with Gasteiger partial charge in [0.2, 0.25) is 0 Å². The largest absolute Gasteiger partial charge is 0.497 e. The van der Waals surface area contributed by atoms with E-state index in [0.29, 0.717) is 28.3 Å². The van der Waals surface area contributed by atoms with Crippen LogP contribution in [0.5, 0.6) is 11.5 Å². The number of hydrogen-bond donors (Lipinski definition) is 2. The van der Waals surface area contributed by atoms with Gasteiger partial charge in [-0.2, -0.15) is 0 Å². The van der Waals surface area contributed by atoms with Crippen molar-refractivity contribution in [3.8, 4) is 11.5 Å². The zero-order valence-corrected chi connectivity index (χ0v) is 19.2. The van der Waals surface area contributed by atoms with Crippen LogP contribution in [0.4, 0.5) is 5.69 Å². The highest BCUT2D eigenvalue weighted by molar-refractivity contribution is 7.92.